The van der Waals surface area contributed by atoms with Gasteiger partial charge in [0.25, 0.3) is 0 Å². The molecule has 9 rings (SSSR count). The van der Waals surface area contributed by atoms with E-state index in [1.165, 1.54) is 22.3 Å². The summed E-state index contributed by atoms with van der Waals surface area (Å²) in [4.78, 5) is 34.4. The average Bonchev–Trinajstić information content (AvgIpc) is 4.17. The minimum absolute atomic E-state index is 0.0777. The van der Waals surface area contributed by atoms with Crippen LogP contribution in [0.5, 0.6) is 5.75 Å². The van der Waals surface area contributed by atoms with Crippen molar-refractivity contribution >= 4 is 57.6 Å². The lowest BCUT2D eigenvalue weighted by molar-refractivity contribution is -0.132. The van der Waals surface area contributed by atoms with Crippen LogP contribution in [0.2, 0.25) is 5.15 Å². The number of ketones is 2. The third-order valence-corrected chi connectivity index (χ3v) is 12.6. The second-order valence-corrected chi connectivity index (χ2v) is 18.3. The summed E-state index contributed by atoms with van der Waals surface area (Å²) in [7, 11) is 0. The van der Waals surface area contributed by atoms with Gasteiger partial charge in [0.15, 0.2) is 28.0 Å². The van der Waals surface area contributed by atoms with Crippen LogP contribution in [0.25, 0.3) is 33.8 Å². The number of carbonyl (C=O) groups excluding carboxylic acids is 2. The molecule has 0 saturated heterocycles. The van der Waals surface area contributed by atoms with E-state index < -0.39 is 25.2 Å². The van der Waals surface area contributed by atoms with Gasteiger partial charge in [-0.1, -0.05) is 59.8 Å². The molecule has 2 fully saturated rings. The fourth-order valence-electron chi connectivity index (χ4n) is 7.58. The Labute approximate surface area is 390 Å². The number of para-hydroxylation sites is 1. The Bertz CT molecular complexity index is 2960. The molecule has 3 aromatic carbocycles. The zero-order valence-electron chi connectivity index (χ0n) is 36.3. The van der Waals surface area contributed by atoms with Crippen molar-refractivity contribution < 1.29 is 41.0 Å². The summed E-state index contributed by atoms with van der Waals surface area (Å²) in [6.45, 7) is 3.17. The summed E-state index contributed by atoms with van der Waals surface area (Å²) >= 11 is 7.29. The molecule has 4 aromatic heterocycles. The van der Waals surface area contributed by atoms with Crippen molar-refractivity contribution in [3.63, 3.8) is 0 Å². The van der Waals surface area contributed by atoms with Gasteiger partial charge in [-0.3, -0.25) is 9.59 Å². The number of alkyl halides is 6. The highest BCUT2D eigenvalue weighted by atomic mass is 35.5. The predicted molar refractivity (Wildman–Crippen MR) is 245 cm³/mol. The van der Waals surface area contributed by atoms with Gasteiger partial charge in [-0.25, -0.2) is 19.0 Å². The Morgan fingerprint density at radius 2 is 1.18 bits per heavy atom. The molecule has 19 heteroatoms. The van der Waals surface area contributed by atoms with Crippen molar-refractivity contribution in [1.82, 2.24) is 29.2 Å². The number of aromatic nitrogens is 6. The molecule has 0 radical (unpaired) electrons. The second-order valence-electron chi connectivity index (χ2n) is 16.9. The van der Waals surface area contributed by atoms with Gasteiger partial charge < -0.3 is 15.7 Å². The number of nitrogens with zero attached hydrogens (tertiary/aromatic N) is 6. The first kappa shape index (κ1) is 47.4. The Balaban J connectivity index is 0.000000186. The molecular weight excluding hydrogens is 918 g/mol. The van der Waals surface area contributed by atoms with Crippen molar-refractivity contribution in [1.29, 1.82) is 0 Å². The van der Waals surface area contributed by atoms with Crippen LogP contribution in [0.4, 0.5) is 37.7 Å². The number of aryl methyl sites for hydroxylation is 2. The third kappa shape index (κ3) is 12.1. The van der Waals surface area contributed by atoms with Crippen molar-refractivity contribution in [2.75, 3.05) is 23.7 Å². The lowest BCUT2D eigenvalue weighted by Crippen LogP contribution is -2.15. The molecule has 7 aromatic rings. The number of benzene rings is 3. The van der Waals surface area contributed by atoms with Crippen LogP contribution in [0, 0.1) is 25.7 Å². The Morgan fingerprint density at radius 3 is 1.64 bits per heavy atom. The van der Waals surface area contributed by atoms with Crippen LogP contribution in [0.15, 0.2) is 95.1 Å². The summed E-state index contributed by atoms with van der Waals surface area (Å²) in [6, 6.07) is 21.0. The standard InChI is InChI=1S/C27H25F3N4O2S.C21H20ClF3N4O/c1-16-12-18(8-9-19(16)23(36)13-17-6-7-17)21-15-32-26-20(31-11-10-27(28,29)30)14-25(33-34(21)26)37-24-5-3-2-4-22(24)35;1-12-8-14(4-5-15(12)18(30)9-13-2-3-13)17-11-27-20-16(10-19(22)28-29(17)20)26-7-6-21(23,24)25/h2-5,8-9,12,14-15,17,31,35H,6-7,10-11,13H2,1H3;4-5,8,10-11,13,26H,2-3,6-7,9H2,1H3. The highest BCUT2D eigenvalue weighted by Crippen LogP contribution is 2.38. The molecule has 350 valence electrons. The van der Waals surface area contributed by atoms with E-state index >= 15 is 0 Å². The van der Waals surface area contributed by atoms with Gasteiger partial charge in [-0.2, -0.15) is 36.5 Å². The molecule has 3 N–H and O–H groups in total. The molecule has 2 saturated carbocycles. The van der Waals surface area contributed by atoms with E-state index in [2.05, 4.69) is 30.8 Å². The predicted octanol–water partition coefficient (Wildman–Crippen LogP) is 12.6. The fourth-order valence-corrected chi connectivity index (χ4v) is 8.61. The molecule has 11 nitrogen and oxygen atoms in total. The zero-order valence-corrected chi connectivity index (χ0v) is 37.9. The number of phenolic OH excluding ortho intramolecular Hbond substituents is 1. The molecule has 0 bridgehead atoms. The average molecular weight is 963 g/mol. The first-order chi connectivity index (χ1) is 31.9. The number of hydrogen-bond acceptors (Lipinski definition) is 10. The summed E-state index contributed by atoms with van der Waals surface area (Å²) in [5.74, 6) is 1.38. The van der Waals surface area contributed by atoms with Crippen LogP contribution < -0.4 is 10.6 Å². The minimum Gasteiger partial charge on any atom is -0.507 e. The van der Waals surface area contributed by atoms with Gasteiger partial charge >= 0.3 is 12.4 Å². The number of rotatable bonds is 16. The van der Waals surface area contributed by atoms with E-state index in [0.717, 1.165) is 47.9 Å². The number of carbonyl (C=O) groups is 2. The van der Waals surface area contributed by atoms with Gasteiger partial charge in [0, 0.05) is 54.3 Å². The zero-order chi connectivity index (χ0) is 47.6. The van der Waals surface area contributed by atoms with Gasteiger partial charge in [0.1, 0.15) is 10.8 Å². The summed E-state index contributed by atoms with van der Waals surface area (Å²) in [5, 5.41) is 25.3. The third-order valence-electron chi connectivity index (χ3n) is 11.4. The summed E-state index contributed by atoms with van der Waals surface area (Å²) in [6.07, 6.45) is -1.69. The van der Waals surface area contributed by atoms with E-state index in [-0.39, 0.29) is 35.6 Å². The molecule has 0 unspecified atom stereocenters. The summed E-state index contributed by atoms with van der Waals surface area (Å²) < 4.78 is 78.8. The Morgan fingerprint density at radius 1 is 0.701 bits per heavy atom. The fraction of sp³-hybridized carbons (Fsp3) is 0.333. The Kier molecular flexibility index (Phi) is 13.9. The van der Waals surface area contributed by atoms with Gasteiger partial charge in [-0.15, -0.1) is 0 Å². The number of nitrogens with one attached hydrogen (secondary N) is 2. The van der Waals surface area contributed by atoms with Gasteiger partial charge in [-0.05, 0) is 92.8 Å². The summed E-state index contributed by atoms with van der Waals surface area (Å²) in [5.41, 5.74) is 7.49. The topological polar surface area (TPSA) is 139 Å². The van der Waals surface area contributed by atoms with Crippen molar-refractivity contribution in [2.24, 2.45) is 11.8 Å². The largest absolute Gasteiger partial charge is 0.507 e. The van der Waals surface area contributed by atoms with Crippen molar-refractivity contribution in [2.45, 2.75) is 87.5 Å². The number of hydrogen-bond donors (Lipinski definition) is 3. The van der Waals surface area contributed by atoms with E-state index in [1.54, 1.807) is 47.2 Å². The highest BCUT2D eigenvalue weighted by molar-refractivity contribution is 7.99. The van der Waals surface area contributed by atoms with E-state index in [1.807, 2.05) is 50.2 Å². The van der Waals surface area contributed by atoms with E-state index in [9.17, 15) is 41.0 Å². The van der Waals surface area contributed by atoms with Crippen LogP contribution in [0.1, 0.15) is 83.2 Å². The second kappa shape index (κ2) is 19.6. The maximum Gasteiger partial charge on any atom is 0.390 e. The molecule has 0 amide bonds. The molecule has 0 spiro atoms. The Hall–Kier alpha value is -6.14. The number of imidazole rings is 2. The normalized spacial score (nSPS) is 14.0. The number of aromatic hydroxyl groups is 1. The molecule has 67 heavy (non-hydrogen) atoms. The van der Waals surface area contributed by atoms with Crippen LogP contribution in [-0.2, 0) is 0 Å². The number of Topliss-reactive ketones (excluding diaryl/α,β-unsaturated/α-hetero) is 2. The first-order valence-corrected chi connectivity index (χ1v) is 22.9. The molecule has 2 aliphatic rings. The van der Waals surface area contributed by atoms with Crippen molar-refractivity contribution in [3.8, 4) is 28.3 Å². The van der Waals surface area contributed by atoms with Crippen LogP contribution in [-0.4, -0.2) is 71.3 Å². The van der Waals surface area contributed by atoms with Crippen LogP contribution >= 0.6 is 23.4 Å². The number of halogens is 7. The molecule has 0 atom stereocenters. The van der Waals surface area contributed by atoms with E-state index in [0.29, 0.717) is 79.8 Å². The number of phenols is 1. The molecule has 2 aliphatic carbocycles. The number of fused-ring (bicyclic) bond motifs is 2. The molecular formula is C48H45ClF6N8O3S. The maximum atomic E-state index is 12.8. The van der Waals surface area contributed by atoms with E-state index in [4.69, 9.17) is 11.6 Å². The van der Waals surface area contributed by atoms with Gasteiger partial charge in [0.05, 0.1) is 52.9 Å². The maximum absolute atomic E-state index is 12.8. The van der Waals surface area contributed by atoms with Crippen molar-refractivity contribution in [3.05, 3.63) is 113 Å². The lowest BCUT2D eigenvalue weighted by Gasteiger charge is -2.13. The smallest absolute Gasteiger partial charge is 0.390 e. The monoisotopic (exact) mass is 962 g/mol. The molecule has 0 aliphatic heterocycles. The first-order valence-electron chi connectivity index (χ1n) is 21.7. The minimum atomic E-state index is -4.29. The SMILES string of the molecule is Cc1cc(-c2cnc3c(NCCC(F)(F)F)cc(Cl)nn23)ccc1C(=O)CC1CC1.Cc1cc(-c2cnc3c(NCCC(F)(F)F)cc(Sc4ccccc4O)nn23)ccc1C(=O)CC1CC1. The lowest BCUT2D eigenvalue weighted by atomic mass is 9.98. The molecule has 4 heterocycles. The van der Waals surface area contributed by atoms with Crippen LogP contribution in [0.3, 0.4) is 0 Å². The number of anilines is 2. The van der Waals surface area contributed by atoms with Gasteiger partial charge in [0.2, 0.25) is 0 Å². The quantitative estimate of drug-likeness (QED) is 0.0634. The highest BCUT2D eigenvalue weighted by Gasteiger charge is 2.29.